The van der Waals surface area contributed by atoms with E-state index in [4.69, 9.17) is 0 Å². The van der Waals surface area contributed by atoms with Crippen LogP contribution in [0.1, 0.15) is 98.6 Å². The molecule has 2 aromatic rings. The zero-order chi connectivity index (χ0) is 28.2. The monoisotopic (exact) mass is 752 g/mol. The van der Waals surface area contributed by atoms with Gasteiger partial charge in [0.1, 0.15) is 0 Å². The maximum absolute atomic E-state index is 2.62. The van der Waals surface area contributed by atoms with Crippen molar-refractivity contribution in [3.63, 3.8) is 0 Å². The predicted molar refractivity (Wildman–Crippen MR) is 165 cm³/mol. The molecule has 2 atom stereocenters. The molecule has 0 aromatic heterocycles. The van der Waals surface area contributed by atoms with E-state index in [-0.39, 0.29) is 55.6 Å². The molecule has 0 aliphatic heterocycles. The van der Waals surface area contributed by atoms with Crippen LogP contribution in [0, 0.1) is 33.5 Å². The largest absolute Gasteiger partial charge is 0.214 e. The van der Waals surface area contributed by atoms with Gasteiger partial charge in [0, 0.05) is 0 Å². The summed E-state index contributed by atoms with van der Waals surface area (Å²) in [6.45, 7) is 20.3. The van der Waals surface area contributed by atoms with Gasteiger partial charge in [-0.2, -0.15) is 29.3 Å². The van der Waals surface area contributed by atoms with Crippen molar-refractivity contribution in [1.82, 2.24) is 0 Å². The number of halogens is 2. The van der Waals surface area contributed by atoms with Crippen molar-refractivity contribution in [3.05, 3.63) is 101 Å². The average Bonchev–Trinajstić information content (AvgIpc) is 3.59. The first-order valence-electron chi connectivity index (χ1n) is 15.2. The SMILES string of the molecule is C[C-]1C2=C3Cc4ccccc4C3=C3C=CCCC3C2(C)C(C)(C)C(C)(C)C1(C)C.[Br-].[Br-].[Zr+2]=[C]1CCC1.c1cc[cH-]c1. The quantitative estimate of drug-likeness (QED) is 0.353. The normalized spacial score (nSPS) is 27.2. The molecule has 0 radical (unpaired) electrons. The first kappa shape index (κ1) is 34.9. The van der Waals surface area contributed by atoms with Crippen LogP contribution in [0.4, 0.5) is 0 Å². The van der Waals surface area contributed by atoms with Crippen molar-refractivity contribution < 1.29 is 58.2 Å². The first-order valence-corrected chi connectivity index (χ1v) is 16.4. The molecule has 3 heteroatoms. The molecule has 7 rings (SSSR count). The van der Waals surface area contributed by atoms with Crippen LogP contribution in [0.15, 0.2) is 83.5 Å². The van der Waals surface area contributed by atoms with E-state index in [0.29, 0.717) is 5.92 Å². The third-order valence-corrected chi connectivity index (χ3v) is 13.5. The van der Waals surface area contributed by atoms with Crippen molar-refractivity contribution in [1.29, 1.82) is 0 Å². The van der Waals surface area contributed by atoms with Gasteiger partial charge in [-0.25, -0.2) is 18.1 Å². The van der Waals surface area contributed by atoms with E-state index < -0.39 is 0 Å². The third-order valence-electron chi connectivity index (χ3n) is 12.3. The Morgan fingerprint density at radius 1 is 0.878 bits per heavy atom. The topological polar surface area (TPSA) is 0 Å². The Morgan fingerprint density at radius 2 is 1.49 bits per heavy atom. The Kier molecular flexibility index (Phi) is 10.9. The Hall–Kier alpha value is -0.627. The van der Waals surface area contributed by atoms with E-state index in [1.165, 1.54) is 43.2 Å². The molecule has 0 saturated heterocycles. The van der Waals surface area contributed by atoms with Crippen molar-refractivity contribution in [2.24, 2.45) is 27.6 Å². The summed E-state index contributed by atoms with van der Waals surface area (Å²) < 4.78 is 1.78. The maximum Gasteiger partial charge on any atom is -0.172 e. The molecule has 0 N–H and O–H groups in total. The van der Waals surface area contributed by atoms with Crippen LogP contribution in [0.2, 0.25) is 0 Å². The predicted octanol–water partition coefficient (Wildman–Crippen LogP) is 4.27. The molecule has 41 heavy (non-hydrogen) atoms. The molecule has 5 aliphatic carbocycles. The van der Waals surface area contributed by atoms with Crippen molar-refractivity contribution in [2.45, 2.75) is 93.9 Å². The molecule has 5 aliphatic rings. The molecule has 0 spiro atoms. The molecule has 0 bridgehead atoms. The summed E-state index contributed by atoms with van der Waals surface area (Å²) in [4.78, 5) is 0. The molecule has 0 heterocycles. The fourth-order valence-electron chi connectivity index (χ4n) is 8.24. The van der Waals surface area contributed by atoms with Crippen molar-refractivity contribution in [2.75, 3.05) is 0 Å². The van der Waals surface area contributed by atoms with Gasteiger partial charge < -0.3 is 34.0 Å². The second-order valence-corrected chi connectivity index (χ2v) is 15.9. The third kappa shape index (κ3) is 5.35. The van der Waals surface area contributed by atoms with Gasteiger partial charge in [0.2, 0.25) is 0 Å². The molecule has 2 saturated carbocycles. The van der Waals surface area contributed by atoms with Gasteiger partial charge in [-0.1, -0.05) is 113 Å². The Bertz CT molecular complexity index is 1310. The molecule has 0 amide bonds. The molecule has 2 aromatic carbocycles. The smallest absolute Gasteiger partial charge is 0.172 e. The van der Waals surface area contributed by atoms with E-state index in [1.807, 2.05) is 30.3 Å². The van der Waals surface area contributed by atoms with Crippen LogP contribution in [0.3, 0.4) is 0 Å². The zero-order valence-corrected chi connectivity index (χ0v) is 32.1. The van der Waals surface area contributed by atoms with Crippen LogP contribution in [0.25, 0.3) is 5.57 Å². The Labute approximate surface area is 286 Å². The number of hydrogen-bond acceptors (Lipinski definition) is 0. The second kappa shape index (κ2) is 12.8. The first-order chi connectivity index (χ1) is 18.4. The Balaban J connectivity index is 0.000000325. The number of fused-ring (bicyclic) bond motifs is 6. The van der Waals surface area contributed by atoms with Gasteiger partial charge in [0.25, 0.3) is 0 Å². The van der Waals surface area contributed by atoms with Gasteiger partial charge in [0.05, 0.1) is 0 Å². The van der Waals surface area contributed by atoms with Gasteiger partial charge in [0.15, 0.2) is 0 Å². The Morgan fingerprint density at radius 3 is 2.02 bits per heavy atom. The molecule has 2 unspecified atom stereocenters. The van der Waals surface area contributed by atoms with E-state index in [1.54, 1.807) is 55.7 Å². The minimum atomic E-state index is 0. The number of rotatable bonds is 0. The van der Waals surface area contributed by atoms with E-state index in [9.17, 15) is 0 Å². The van der Waals surface area contributed by atoms with Crippen LogP contribution in [0.5, 0.6) is 0 Å². The summed E-state index contributed by atoms with van der Waals surface area (Å²) in [7, 11) is 0. The molecule has 2 fully saturated rings. The van der Waals surface area contributed by atoms with Gasteiger partial charge in [-0.05, 0) is 40.6 Å². The van der Waals surface area contributed by atoms with E-state index >= 15 is 0 Å². The molecular weight excluding hydrogens is 707 g/mol. The standard InChI is InChI=1S/C29H37.C5H5.C4H6.2BrH.Zr/c1-18-25-22-17-19-13-9-10-14-20(19)24(22)21-15-11-12-16-23(21)29(25,8)28(6,7)27(4,5)26(18,2)3;1-2-4-5-3-1;1-2-4-3-1;;;/h9-11,13-15,23H,12,16-17H2,1-8H3;1-5H;1-3H2;2*1H;/q2*-1;;;;+2/p-2. The maximum atomic E-state index is 2.62. The van der Waals surface area contributed by atoms with Gasteiger partial charge in [-0.15, -0.1) is 6.92 Å². The minimum absolute atomic E-state index is 0. The van der Waals surface area contributed by atoms with Gasteiger partial charge in [-0.3, -0.25) is 0 Å². The van der Waals surface area contributed by atoms with E-state index in [0.717, 1.165) is 6.42 Å². The number of hydrogen-bond donors (Lipinski definition) is 0. The average molecular weight is 756 g/mol. The van der Waals surface area contributed by atoms with Crippen molar-refractivity contribution in [3.8, 4) is 0 Å². The van der Waals surface area contributed by atoms with E-state index in [2.05, 4.69) is 91.8 Å². The molecule has 0 nitrogen and oxygen atoms in total. The minimum Gasteiger partial charge on any atom is -0.214 e. The molecular formula is C38H48Br2Zr-2. The summed E-state index contributed by atoms with van der Waals surface area (Å²) >= 11 is 1.67. The number of allylic oxidation sites excluding steroid dienone is 6. The van der Waals surface area contributed by atoms with Crippen LogP contribution < -0.4 is 34.0 Å². The van der Waals surface area contributed by atoms with Crippen LogP contribution in [-0.4, -0.2) is 3.21 Å². The zero-order valence-electron chi connectivity index (χ0n) is 26.4. The summed E-state index contributed by atoms with van der Waals surface area (Å²) in [6.07, 6.45) is 12.9. The summed E-state index contributed by atoms with van der Waals surface area (Å²) in [5, 5.41) is 0. The fraction of sp³-hybridized carbons (Fsp3) is 0.500. The van der Waals surface area contributed by atoms with Crippen LogP contribution >= 0.6 is 0 Å². The number of benzene rings is 1. The summed E-state index contributed by atoms with van der Waals surface area (Å²) in [6, 6.07) is 19.2. The van der Waals surface area contributed by atoms with Crippen molar-refractivity contribution >= 4 is 8.78 Å². The van der Waals surface area contributed by atoms with Gasteiger partial charge >= 0.3 is 46.7 Å². The summed E-state index contributed by atoms with van der Waals surface area (Å²) in [5.74, 6) is 2.24. The summed E-state index contributed by atoms with van der Waals surface area (Å²) in [5.41, 5.74) is 10.3. The fourth-order valence-corrected chi connectivity index (χ4v) is 9.11. The second-order valence-electron chi connectivity index (χ2n) is 14.2. The molecule has 220 valence electrons. The van der Waals surface area contributed by atoms with Crippen LogP contribution in [-0.2, 0) is 30.7 Å².